The Bertz CT molecular complexity index is 1160. The first kappa shape index (κ1) is 24.4. The van der Waals surface area contributed by atoms with E-state index in [-0.39, 0.29) is 54.4 Å². The van der Waals surface area contributed by atoms with Crippen LogP contribution in [0, 0.1) is 0 Å². The number of carbonyl (C=O) groups excluding carboxylic acids is 2. The molecule has 12 heteroatoms. The third kappa shape index (κ3) is 4.97. The molecule has 5 rings (SSSR count). The molecule has 3 aliphatic heterocycles. The second-order valence-corrected chi connectivity index (χ2v) is 9.51. The van der Waals surface area contributed by atoms with Crippen molar-refractivity contribution in [3.8, 4) is 11.6 Å². The summed E-state index contributed by atoms with van der Waals surface area (Å²) in [6, 6.07) is 8.41. The number of nitrogens with one attached hydrogen (secondary N) is 1. The lowest BCUT2D eigenvalue weighted by atomic mass is 10.0. The number of nitrogens with zero attached hydrogens (tertiary/aromatic N) is 3. The van der Waals surface area contributed by atoms with Crippen LogP contribution in [0.2, 0.25) is 5.02 Å². The van der Waals surface area contributed by atoms with Gasteiger partial charge in [0.25, 0.3) is 11.8 Å². The summed E-state index contributed by atoms with van der Waals surface area (Å²) >= 11 is 5.92. The molecule has 0 aliphatic carbocycles. The molecule has 3 fully saturated rings. The number of hydrogen-bond donors (Lipinski definition) is 1. The van der Waals surface area contributed by atoms with E-state index < -0.39 is 24.9 Å². The Kier molecular flexibility index (Phi) is 6.50. The zero-order chi connectivity index (χ0) is 25.4. The van der Waals surface area contributed by atoms with Crippen molar-refractivity contribution in [3.05, 3.63) is 46.5 Å². The lowest BCUT2D eigenvalue weighted by Crippen LogP contribution is -2.56. The summed E-state index contributed by atoms with van der Waals surface area (Å²) in [7, 11) is 1.36. The van der Waals surface area contributed by atoms with E-state index in [9.17, 15) is 18.4 Å². The van der Waals surface area contributed by atoms with E-state index >= 15 is 0 Å². The van der Waals surface area contributed by atoms with Crippen LogP contribution in [0.25, 0.3) is 0 Å². The van der Waals surface area contributed by atoms with Crippen LogP contribution in [0.15, 0.2) is 30.3 Å². The number of benzene rings is 1. The number of cyclic esters (lactones) is 1. The van der Waals surface area contributed by atoms with Crippen LogP contribution in [-0.4, -0.2) is 73.3 Å². The number of alkyl halides is 2. The van der Waals surface area contributed by atoms with Crippen molar-refractivity contribution in [1.29, 1.82) is 0 Å². The summed E-state index contributed by atoms with van der Waals surface area (Å²) in [6.45, 7) is -0.0356. The van der Waals surface area contributed by atoms with Gasteiger partial charge in [0.15, 0.2) is 11.6 Å². The largest absolute Gasteiger partial charge is 0.486 e. The molecule has 36 heavy (non-hydrogen) atoms. The molecular formula is C24H25ClF2N4O5. The summed E-state index contributed by atoms with van der Waals surface area (Å²) in [4.78, 5) is 32.3. The molecule has 2 amide bonds. The zero-order valence-corrected chi connectivity index (χ0v) is 20.3. The Morgan fingerprint density at radius 2 is 2.06 bits per heavy atom. The Labute approximate surface area is 211 Å². The number of carbonyl (C=O) groups is 2. The highest BCUT2D eigenvalue weighted by molar-refractivity contribution is 6.30. The summed E-state index contributed by atoms with van der Waals surface area (Å²) < 4.78 is 44.0. The van der Waals surface area contributed by atoms with E-state index in [0.717, 1.165) is 5.56 Å². The summed E-state index contributed by atoms with van der Waals surface area (Å²) in [5.41, 5.74) is 0.963. The summed E-state index contributed by atoms with van der Waals surface area (Å²) in [5.74, 6) is -2.87. The fourth-order valence-corrected chi connectivity index (χ4v) is 4.72. The molecule has 4 heterocycles. The number of methoxy groups -OCH3 is 1. The van der Waals surface area contributed by atoms with Crippen molar-refractivity contribution in [3.63, 3.8) is 0 Å². The van der Waals surface area contributed by atoms with Crippen molar-refractivity contribution in [1.82, 2.24) is 15.2 Å². The Morgan fingerprint density at radius 1 is 1.31 bits per heavy atom. The zero-order valence-electron chi connectivity index (χ0n) is 19.5. The number of aromatic nitrogens is 1. The van der Waals surface area contributed by atoms with E-state index in [1.165, 1.54) is 18.1 Å². The number of ether oxygens (including phenoxy) is 3. The van der Waals surface area contributed by atoms with Crippen molar-refractivity contribution in [2.75, 3.05) is 38.3 Å². The fourth-order valence-electron chi connectivity index (χ4n) is 4.59. The van der Waals surface area contributed by atoms with Gasteiger partial charge in [-0.3, -0.25) is 4.79 Å². The monoisotopic (exact) mass is 522 g/mol. The van der Waals surface area contributed by atoms with Crippen molar-refractivity contribution in [2.45, 2.75) is 37.5 Å². The topological polar surface area (TPSA) is 93.2 Å². The molecule has 2 atom stereocenters. The van der Waals surface area contributed by atoms with Gasteiger partial charge in [-0.1, -0.05) is 23.7 Å². The van der Waals surface area contributed by atoms with Crippen molar-refractivity contribution in [2.24, 2.45) is 0 Å². The Hall–Kier alpha value is -3.34. The van der Waals surface area contributed by atoms with Gasteiger partial charge in [0, 0.05) is 37.0 Å². The highest BCUT2D eigenvalue weighted by atomic mass is 35.5. The third-order valence-electron chi connectivity index (χ3n) is 6.48. The molecular weight excluding hydrogens is 498 g/mol. The lowest BCUT2D eigenvalue weighted by molar-refractivity contribution is -0.0272. The maximum absolute atomic E-state index is 13.7. The number of fused-ring (bicyclic) bond motifs is 1. The van der Waals surface area contributed by atoms with Gasteiger partial charge in [-0.25, -0.2) is 13.6 Å². The van der Waals surface area contributed by atoms with Gasteiger partial charge < -0.3 is 29.3 Å². The van der Waals surface area contributed by atoms with Gasteiger partial charge in [-0.05, 0) is 17.7 Å². The Balaban J connectivity index is 1.38. The number of amides is 2. The quantitative estimate of drug-likeness (QED) is 0.595. The molecule has 0 unspecified atom stereocenters. The minimum Gasteiger partial charge on any atom is -0.486 e. The first-order valence-electron chi connectivity index (χ1n) is 11.6. The lowest BCUT2D eigenvalue weighted by Gasteiger charge is -2.41. The van der Waals surface area contributed by atoms with E-state index in [4.69, 9.17) is 25.8 Å². The Morgan fingerprint density at radius 3 is 2.75 bits per heavy atom. The molecule has 3 saturated heterocycles. The molecule has 1 N–H and O–H groups in total. The average molecular weight is 523 g/mol. The minimum atomic E-state index is -2.83. The third-order valence-corrected chi connectivity index (χ3v) is 6.73. The predicted molar refractivity (Wildman–Crippen MR) is 126 cm³/mol. The number of rotatable bonds is 7. The first-order valence-corrected chi connectivity index (χ1v) is 11.9. The average Bonchev–Trinajstić information content (AvgIpc) is 3.21. The van der Waals surface area contributed by atoms with Crippen molar-refractivity contribution < 1.29 is 32.6 Å². The summed E-state index contributed by atoms with van der Waals surface area (Å²) in [6.07, 6.45) is 0.408. The second-order valence-electron chi connectivity index (χ2n) is 9.08. The van der Waals surface area contributed by atoms with Crippen LogP contribution in [0.1, 0.15) is 28.8 Å². The number of hydrogen-bond acceptors (Lipinski definition) is 7. The molecule has 0 bridgehead atoms. The van der Waals surface area contributed by atoms with E-state index in [1.54, 1.807) is 29.2 Å². The molecule has 0 saturated carbocycles. The highest BCUT2D eigenvalue weighted by Crippen LogP contribution is 2.40. The number of anilines is 1. The molecule has 9 nitrogen and oxygen atoms in total. The SMILES string of the molecule is COc1nc(N2CC(F)(F)C2)c(O[C@H]2CCN3C(=O)OC[C@@H]3C2)cc1C(=O)NCc1ccc(Cl)cc1. The molecule has 0 spiro atoms. The van der Waals surface area contributed by atoms with Crippen LogP contribution in [-0.2, 0) is 11.3 Å². The maximum Gasteiger partial charge on any atom is 0.410 e. The molecule has 192 valence electrons. The minimum absolute atomic E-state index is 0.00535. The molecule has 0 radical (unpaired) electrons. The first-order chi connectivity index (χ1) is 17.2. The van der Waals surface area contributed by atoms with Gasteiger partial charge in [-0.15, -0.1) is 0 Å². The van der Waals surface area contributed by atoms with Crippen molar-refractivity contribution >= 4 is 29.4 Å². The van der Waals surface area contributed by atoms with E-state index in [0.29, 0.717) is 24.4 Å². The van der Waals surface area contributed by atoms with Gasteiger partial charge in [-0.2, -0.15) is 4.98 Å². The fraction of sp³-hybridized carbons (Fsp3) is 0.458. The summed E-state index contributed by atoms with van der Waals surface area (Å²) in [5, 5.41) is 3.40. The van der Waals surface area contributed by atoms with Gasteiger partial charge in [0.05, 0.1) is 26.2 Å². The molecule has 2 aromatic rings. The standard InChI is InChI=1S/C24H25ClF2N4O5/c1-34-22-18(21(32)28-10-14-2-4-15(25)5-3-14)9-19(20(29-22)30-12-24(26,27)13-30)36-17-6-7-31-16(8-17)11-35-23(31)33/h2-5,9,16-17H,6-8,10-13H2,1H3,(H,28,32)/t16-,17-/m0/s1. The number of pyridine rings is 1. The smallest absolute Gasteiger partial charge is 0.410 e. The van der Waals surface area contributed by atoms with Gasteiger partial charge in [0.2, 0.25) is 5.88 Å². The van der Waals surface area contributed by atoms with Crippen LogP contribution < -0.4 is 19.7 Å². The van der Waals surface area contributed by atoms with Crippen LogP contribution in [0.4, 0.5) is 19.4 Å². The number of halogens is 3. The normalized spacial score (nSPS) is 22.4. The van der Waals surface area contributed by atoms with E-state index in [1.807, 2.05) is 0 Å². The van der Waals surface area contributed by atoms with E-state index in [2.05, 4.69) is 10.3 Å². The van der Waals surface area contributed by atoms with Crippen LogP contribution in [0.3, 0.4) is 0 Å². The van der Waals surface area contributed by atoms with Gasteiger partial charge >= 0.3 is 6.09 Å². The molecule has 3 aliphatic rings. The number of piperidine rings is 1. The maximum atomic E-state index is 13.7. The molecule has 1 aromatic heterocycles. The molecule has 1 aromatic carbocycles. The van der Waals surface area contributed by atoms with Crippen LogP contribution >= 0.6 is 11.6 Å². The highest BCUT2D eigenvalue weighted by Gasteiger charge is 2.46. The van der Waals surface area contributed by atoms with Crippen LogP contribution in [0.5, 0.6) is 11.6 Å². The second kappa shape index (κ2) is 9.61. The predicted octanol–water partition coefficient (Wildman–Crippen LogP) is 3.49. The van der Waals surface area contributed by atoms with Gasteiger partial charge in [0.1, 0.15) is 18.3 Å².